The summed E-state index contributed by atoms with van der Waals surface area (Å²) in [6.07, 6.45) is -3.19. The van der Waals surface area contributed by atoms with Crippen molar-refractivity contribution >= 4 is 17.4 Å². The summed E-state index contributed by atoms with van der Waals surface area (Å²) >= 11 is 0. The van der Waals surface area contributed by atoms with Crippen LogP contribution in [0.2, 0.25) is 0 Å². The maximum atomic E-state index is 13.6. The van der Waals surface area contributed by atoms with Gasteiger partial charge in [-0.05, 0) is 62.6 Å². The molecule has 1 amide bonds. The predicted octanol–water partition coefficient (Wildman–Crippen LogP) is 5.30. The molecule has 3 heterocycles. The lowest BCUT2D eigenvalue weighted by atomic mass is 9.99. The molecule has 0 atom stereocenters. The molecule has 1 N–H and O–H groups in total. The van der Waals surface area contributed by atoms with Gasteiger partial charge in [0.2, 0.25) is 0 Å². The van der Waals surface area contributed by atoms with Crippen molar-refractivity contribution in [2.45, 2.75) is 33.9 Å². The second-order valence-corrected chi connectivity index (χ2v) is 7.65. The Kier molecular flexibility index (Phi) is 5.20. The van der Waals surface area contributed by atoms with Crippen LogP contribution in [0.5, 0.6) is 0 Å². The monoisotopic (exact) mass is 439 g/mol. The Labute approximate surface area is 182 Å². The highest BCUT2D eigenvalue weighted by Crippen LogP contribution is 2.38. The number of nitrogens with one attached hydrogen (secondary N) is 1. The molecule has 0 bridgehead atoms. The smallest absolute Gasteiger partial charge is 0.305 e. The third-order valence-corrected chi connectivity index (χ3v) is 5.25. The first-order valence-electron chi connectivity index (χ1n) is 9.84. The van der Waals surface area contributed by atoms with Crippen molar-refractivity contribution in [2.75, 3.05) is 5.32 Å². The number of benzene rings is 1. The zero-order valence-corrected chi connectivity index (χ0v) is 17.9. The van der Waals surface area contributed by atoms with Crippen LogP contribution in [-0.4, -0.2) is 25.5 Å². The summed E-state index contributed by atoms with van der Waals surface area (Å²) in [5, 5.41) is 7.13. The zero-order chi connectivity index (χ0) is 23.2. The van der Waals surface area contributed by atoms with Crippen LogP contribution in [-0.2, 0) is 6.18 Å². The summed E-state index contributed by atoms with van der Waals surface area (Å²) in [6, 6.07) is 8.85. The van der Waals surface area contributed by atoms with Crippen molar-refractivity contribution in [1.29, 1.82) is 0 Å². The van der Waals surface area contributed by atoms with Crippen molar-refractivity contribution in [2.24, 2.45) is 0 Å². The number of carbonyl (C=O) groups excluding carboxylic acids is 1. The fourth-order valence-corrected chi connectivity index (χ4v) is 3.66. The number of carbonyl (C=O) groups is 1. The molecule has 4 rings (SSSR count). The van der Waals surface area contributed by atoms with Crippen LogP contribution < -0.4 is 5.32 Å². The molecule has 0 spiro atoms. The summed E-state index contributed by atoms with van der Waals surface area (Å²) in [5.74, 6) is -0.144. The van der Waals surface area contributed by atoms with Gasteiger partial charge in [-0.25, -0.2) is 14.5 Å². The molecule has 32 heavy (non-hydrogen) atoms. The molecule has 0 radical (unpaired) electrons. The van der Waals surface area contributed by atoms with Gasteiger partial charge in [-0.2, -0.15) is 18.3 Å². The van der Waals surface area contributed by atoms with Crippen molar-refractivity contribution in [3.8, 4) is 11.3 Å². The van der Waals surface area contributed by atoms with Gasteiger partial charge < -0.3 is 5.32 Å². The quantitative estimate of drug-likeness (QED) is 0.470. The summed E-state index contributed by atoms with van der Waals surface area (Å²) in [6.45, 7) is 7.14. The summed E-state index contributed by atoms with van der Waals surface area (Å²) < 4.78 is 42.1. The van der Waals surface area contributed by atoms with E-state index < -0.39 is 17.6 Å². The molecule has 164 valence electrons. The number of imidazole rings is 1. The van der Waals surface area contributed by atoms with Gasteiger partial charge in [-0.15, -0.1) is 0 Å². The Morgan fingerprint density at radius 1 is 1.03 bits per heavy atom. The molecule has 0 aliphatic carbocycles. The van der Waals surface area contributed by atoms with Crippen LogP contribution in [0.3, 0.4) is 0 Å². The van der Waals surface area contributed by atoms with Crippen molar-refractivity contribution in [1.82, 2.24) is 19.6 Å². The van der Waals surface area contributed by atoms with Crippen LogP contribution in [0.15, 0.2) is 42.6 Å². The highest BCUT2D eigenvalue weighted by atomic mass is 19.4. The maximum Gasteiger partial charge on any atom is 0.417 e. The normalized spacial score (nSPS) is 11.7. The Hall–Kier alpha value is -3.75. The fraction of sp³-hybridized carbons (Fsp3) is 0.217. The van der Waals surface area contributed by atoms with E-state index in [0.717, 1.165) is 17.3 Å². The number of rotatable bonds is 3. The van der Waals surface area contributed by atoms with Crippen molar-refractivity contribution in [3.05, 3.63) is 76.2 Å². The first-order chi connectivity index (χ1) is 15.1. The Bertz CT molecular complexity index is 1340. The molecule has 6 nitrogen and oxygen atoms in total. The number of pyridine rings is 1. The van der Waals surface area contributed by atoms with Crippen LogP contribution >= 0.6 is 0 Å². The van der Waals surface area contributed by atoms with E-state index in [2.05, 4.69) is 20.4 Å². The highest BCUT2D eigenvalue weighted by molar-refractivity contribution is 6.03. The standard InChI is InChI=1S/C23H20F3N5O/c1-12-9-13(2)28-19(10-12)29-22(32)18-11-27-21-15(4)14(3)20(30-31(18)21)16-7-5-6-8-17(16)23(24,25)26/h5-11H,1-4H3,(H,28,29,32). The van der Waals surface area contributed by atoms with Gasteiger partial charge in [0.05, 0.1) is 17.5 Å². The second-order valence-electron chi connectivity index (χ2n) is 7.65. The number of amides is 1. The fourth-order valence-electron chi connectivity index (χ4n) is 3.66. The molecule has 0 aliphatic rings. The topological polar surface area (TPSA) is 72.2 Å². The van der Waals surface area contributed by atoms with Crippen molar-refractivity contribution in [3.63, 3.8) is 0 Å². The molecular weight excluding hydrogens is 419 g/mol. The minimum Gasteiger partial charge on any atom is -0.305 e. The first kappa shape index (κ1) is 21.5. The van der Waals surface area contributed by atoms with Gasteiger partial charge in [0.15, 0.2) is 11.3 Å². The van der Waals surface area contributed by atoms with E-state index in [0.29, 0.717) is 22.6 Å². The van der Waals surface area contributed by atoms with Gasteiger partial charge in [0.25, 0.3) is 5.91 Å². The minimum absolute atomic E-state index is 0.0569. The molecule has 0 aliphatic heterocycles. The number of aromatic nitrogens is 4. The number of hydrogen-bond acceptors (Lipinski definition) is 4. The number of anilines is 1. The number of fused-ring (bicyclic) bond motifs is 1. The highest BCUT2D eigenvalue weighted by Gasteiger charge is 2.34. The van der Waals surface area contributed by atoms with E-state index in [1.807, 2.05) is 19.9 Å². The molecule has 9 heteroatoms. The summed E-state index contributed by atoms with van der Waals surface area (Å²) in [7, 11) is 0. The lowest BCUT2D eigenvalue weighted by molar-refractivity contribution is -0.137. The molecule has 4 aromatic rings. The third kappa shape index (κ3) is 3.81. The number of aryl methyl sites for hydroxylation is 3. The molecule has 3 aromatic heterocycles. The number of nitrogens with zero attached hydrogens (tertiary/aromatic N) is 4. The van der Waals surface area contributed by atoms with Crippen LogP contribution in [0, 0.1) is 27.7 Å². The van der Waals surface area contributed by atoms with Gasteiger partial charge in [-0.1, -0.05) is 18.2 Å². The Morgan fingerprint density at radius 3 is 2.44 bits per heavy atom. The van der Waals surface area contributed by atoms with Crippen molar-refractivity contribution < 1.29 is 18.0 Å². The predicted molar refractivity (Wildman–Crippen MR) is 115 cm³/mol. The number of hydrogen-bond donors (Lipinski definition) is 1. The summed E-state index contributed by atoms with van der Waals surface area (Å²) in [5.41, 5.74) is 2.65. The lowest BCUT2D eigenvalue weighted by Crippen LogP contribution is -2.17. The van der Waals surface area contributed by atoms with E-state index >= 15 is 0 Å². The average Bonchev–Trinajstić information content (AvgIpc) is 3.13. The molecule has 1 aromatic carbocycles. The summed E-state index contributed by atoms with van der Waals surface area (Å²) in [4.78, 5) is 21.5. The lowest BCUT2D eigenvalue weighted by Gasteiger charge is -2.16. The third-order valence-electron chi connectivity index (χ3n) is 5.25. The minimum atomic E-state index is -4.54. The molecule has 0 saturated heterocycles. The SMILES string of the molecule is Cc1cc(C)nc(NC(=O)c2cnc3c(C)c(C)c(-c4ccccc4C(F)(F)F)nn23)c1. The van der Waals surface area contributed by atoms with E-state index in [4.69, 9.17) is 0 Å². The number of alkyl halides is 3. The number of halogens is 3. The van der Waals surface area contributed by atoms with Gasteiger partial charge >= 0.3 is 6.18 Å². The van der Waals surface area contributed by atoms with Gasteiger partial charge in [-0.3, -0.25) is 4.79 Å². The average molecular weight is 439 g/mol. The molecule has 0 unspecified atom stereocenters. The zero-order valence-electron chi connectivity index (χ0n) is 17.9. The van der Waals surface area contributed by atoms with E-state index in [9.17, 15) is 18.0 Å². The van der Waals surface area contributed by atoms with Gasteiger partial charge in [0.1, 0.15) is 5.82 Å². The van der Waals surface area contributed by atoms with E-state index in [-0.39, 0.29) is 17.0 Å². The second kappa shape index (κ2) is 7.74. The largest absolute Gasteiger partial charge is 0.417 e. The van der Waals surface area contributed by atoms with Crippen LogP contribution in [0.4, 0.5) is 19.0 Å². The Balaban J connectivity index is 1.85. The molecular formula is C23H20F3N5O. The van der Waals surface area contributed by atoms with Crippen LogP contribution in [0.1, 0.15) is 38.4 Å². The first-order valence-corrected chi connectivity index (χ1v) is 9.84. The van der Waals surface area contributed by atoms with E-state index in [1.165, 1.54) is 28.9 Å². The van der Waals surface area contributed by atoms with Gasteiger partial charge in [0, 0.05) is 11.3 Å². The van der Waals surface area contributed by atoms with Crippen LogP contribution in [0.25, 0.3) is 16.9 Å². The Morgan fingerprint density at radius 2 is 1.75 bits per heavy atom. The van der Waals surface area contributed by atoms with E-state index in [1.54, 1.807) is 19.9 Å². The molecule has 0 saturated carbocycles. The maximum absolute atomic E-state index is 13.6. The molecule has 0 fully saturated rings.